The highest BCUT2D eigenvalue weighted by atomic mass is 16.5. The van der Waals surface area contributed by atoms with Crippen molar-refractivity contribution < 1.29 is 19.4 Å². The summed E-state index contributed by atoms with van der Waals surface area (Å²) in [5, 5.41) is 9.12. The van der Waals surface area contributed by atoms with Crippen LogP contribution in [-0.4, -0.2) is 65.8 Å². The molecule has 1 N–H and O–H groups in total. The molecule has 3 unspecified atom stereocenters. The number of amides is 2. The van der Waals surface area contributed by atoms with Crippen LogP contribution in [0.25, 0.3) is 0 Å². The Bertz CT molecular complexity index is 361. The molecule has 0 bridgehead atoms. The highest BCUT2D eigenvalue weighted by Crippen LogP contribution is 2.25. The molecule has 0 aromatic rings. The second-order valence-electron chi connectivity index (χ2n) is 5.44. The molecule has 2 aliphatic heterocycles. The van der Waals surface area contributed by atoms with Crippen LogP contribution in [0.4, 0.5) is 4.79 Å². The zero-order valence-electron chi connectivity index (χ0n) is 11.5. The van der Waals surface area contributed by atoms with E-state index in [2.05, 4.69) is 0 Å². The van der Waals surface area contributed by atoms with Gasteiger partial charge in [0.05, 0.1) is 25.2 Å². The fourth-order valence-electron chi connectivity index (χ4n) is 2.87. The van der Waals surface area contributed by atoms with Crippen LogP contribution in [0, 0.1) is 11.8 Å². The van der Waals surface area contributed by atoms with E-state index in [1.807, 2.05) is 18.7 Å². The average Bonchev–Trinajstić information content (AvgIpc) is 2.80. The number of hydrogen-bond acceptors (Lipinski definition) is 3. The topological polar surface area (TPSA) is 70.1 Å². The summed E-state index contributed by atoms with van der Waals surface area (Å²) in [5.41, 5.74) is 0. The second kappa shape index (κ2) is 5.77. The number of carbonyl (C=O) groups excluding carboxylic acids is 1. The van der Waals surface area contributed by atoms with E-state index >= 15 is 0 Å². The number of likely N-dealkylation sites (tertiary alicyclic amines) is 1. The molecule has 0 saturated carbocycles. The minimum Gasteiger partial charge on any atom is -0.481 e. The fourth-order valence-corrected chi connectivity index (χ4v) is 2.87. The van der Waals surface area contributed by atoms with E-state index in [9.17, 15) is 9.59 Å². The molecule has 0 aromatic heterocycles. The van der Waals surface area contributed by atoms with E-state index in [0.717, 1.165) is 6.42 Å². The van der Waals surface area contributed by atoms with E-state index in [-0.39, 0.29) is 18.0 Å². The van der Waals surface area contributed by atoms with Crippen molar-refractivity contribution in [1.82, 2.24) is 9.80 Å². The van der Waals surface area contributed by atoms with Gasteiger partial charge in [0.25, 0.3) is 0 Å². The normalized spacial score (nSPS) is 31.6. The molecule has 108 valence electrons. The van der Waals surface area contributed by atoms with Crippen LogP contribution < -0.4 is 0 Å². The highest BCUT2D eigenvalue weighted by Gasteiger charge is 2.39. The highest BCUT2D eigenvalue weighted by molar-refractivity contribution is 5.78. The Morgan fingerprint density at radius 2 is 2.11 bits per heavy atom. The minimum absolute atomic E-state index is 0.0163. The Labute approximate surface area is 113 Å². The molecule has 2 aliphatic rings. The lowest BCUT2D eigenvalue weighted by molar-refractivity contribution is -0.142. The van der Waals surface area contributed by atoms with Gasteiger partial charge in [0.2, 0.25) is 0 Å². The predicted octanol–water partition coefficient (Wildman–Crippen LogP) is 0.870. The number of urea groups is 1. The van der Waals surface area contributed by atoms with Crippen LogP contribution in [0.3, 0.4) is 0 Å². The lowest BCUT2D eigenvalue weighted by Crippen LogP contribution is -2.53. The van der Waals surface area contributed by atoms with Crippen molar-refractivity contribution in [2.75, 3.05) is 32.8 Å². The summed E-state index contributed by atoms with van der Waals surface area (Å²) < 4.78 is 5.39. The van der Waals surface area contributed by atoms with Gasteiger partial charge in [-0.1, -0.05) is 13.8 Å². The largest absolute Gasteiger partial charge is 0.481 e. The van der Waals surface area contributed by atoms with Crippen molar-refractivity contribution in [3.63, 3.8) is 0 Å². The number of morpholine rings is 1. The summed E-state index contributed by atoms with van der Waals surface area (Å²) in [7, 11) is 0. The van der Waals surface area contributed by atoms with Gasteiger partial charge in [-0.15, -0.1) is 0 Å². The van der Waals surface area contributed by atoms with Crippen molar-refractivity contribution in [2.45, 2.75) is 26.3 Å². The molecule has 0 spiro atoms. The number of ether oxygens (including phenoxy) is 1. The molecule has 2 rings (SSSR count). The van der Waals surface area contributed by atoms with Gasteiger partial charge in [-0.2, -0.15) is 0 Å². The summed E-state index contributed by atoms with van der Waals surface area (Å²) in [6.07, 6.45) is 0.859. The molecule has 0 aliphatic carbocycles. The first-order valence-electron chi connectivity index (χ1n) is 6.90. The second-order valence-corrected chi connectivity index (χ2v) is 5.44. The molecule has 0 radical (unpaired) electrons. The Morgan fingerprint density at radius 3 is 2.68 bits per heavy atom. The number of carbonyl (C=O) groups is 2. The SMILES string of the molecule is CCC1COCCN1C(=O)N1CC(C)C(C(=O)O)C1. The zero-order chi connectivity index (χ0) is 14.0. The summed E-state index contributed by atoms with van der Waals surface area (Å²) >= 11 is 0. The van der Waals surface area contributed by atoms with E-state index < -0.39 is 11.9 Å². The number of hydrogen-bond donors (Lipinski definition) is 1. The monoisotopic (exact) mass is 270 g/mol. The predicted molar refractivity (Wildman–Crippen MR) is 68.9 cm³/mol. The fraction of sp³-hybridized carbons (Fsp3) is 0.846. The van der Waals surface area contributed by atoms with Crippen molar-refractivity contribution in [1.29, 1.82) is 0 Å². The summed E-state index contributed by atoms with van der Waals surface area (Å²) in [6, 6.07) is 0.0752. The van der Waals surface area contributed by atoms with Gasteiger partial charge in [-0.25, -0.2) is 4.79 Å². The van der Waals surface area contributed by atoms with Crippen molar-refractivity contribution in [2.24, 2.45) is 11.8 Å². The zero-order valence-corrected chi connectivity index (χ0v) is 11.5. The van der Waals surface area contributed by atoms with Gasteiger partial charge < -0.3 is 19.6 Å². The molecule has 6 heteroatoms. The summed E-state index contributed by atoms with van der Waals surface area (Å²) in [5.74, 6) is -1.23. The number of carboxylic acid groups (broad SMARTS) is 1. The third-order valence-corrected chi connectivity index (χ3v) is 4.14. The molecule has 2 saturated heterocycles. The number of carboxylic acids is 1. The van der Waals surface area contributed by atoms with E-state index in [4.69, 9.17) is 9.84 Å². The average molecular weight is 270 g/mol. The third-order valence-electron chi connectivity index (χ3n) is 4.14. The van der Waals surface area contributed by atoms with Gasteiger partial charge in [-0.05, 0) is 12.3 Å². The smallest absolute Gasteiger partial charge is 0.320 e. The first kappa shape index (κ1) is 14.1. The maximum absolute atomic E-state index is 12.5. The quantitative estimate of drug-likeness (QED) is 0.808. The molecule has 2 amide bonds. The van der Waals surface area contributed by atoms with Crippen molar-refractivity contribution >= 4 is 12.0 Å². The summed E-state index contributed by atoms with van der Waals surface area (Å²) in [4.78, 5) is 27.1. The maximum Gasteiger partial charge on any atom is 0.320 e. The Morgan fingerprint density at radius 1 is 1.37 bits per heavy atom. The molecular formula is C13H22N2O4. The molecule has 2 fully saturated rings. The van der Waals surface area contributed by atoms with Crippen LogP contribution >= 0.6 is 0 Å². The standard InChI is InChI=1S/C13H22N2O4/c1-3-10-8-19-5-4-15(10)13(18)14-6-9(2)11(7-14)12(16)17/h9-11H,3-8H2,1-2H3,(H,16,17). The third kappa shape index (κ3) is 2.83. The molecular weight excluding hydrogens is 248 g/mol. The van der Waals surface area contributed by atoms with E-state index in [1.54, 1.807) is 4.90 Å². The Balaban J connectivity index is 2.02. The van der Waals surface area contributed by atoms with Crippen molar-refractivity contribution in [3.8, 4) is 0 Å². The van der Waals surface area contributed by atoms with Crippen LogP contribution in [-0.2, 0) is 9.53 Å². The maximum atomic E-state index is 12.5. The van der Waals surface area contributed by atoms with Gasteiger partial charge >= 0.3 is 12.0 Å². The van der Waals surface area contributed by atoms with Crippen LogP contribution in [0.1, 0.15) is 20.3 Å². The van der Waals surface area contributed by atoms with E-state index in [1.165, 1.54) is 0 Å². The first-order chi connectivity index (χ1) is 9.04. The van der Waals surface area contributed by atoms with Gasteiger partial charge in [-0.3, -0.25) is 4.79 Å². The lowest BCUT2D eigenvalue weighted by Gasteiger charge is -2.37. The number of aliphatic carboxylic acids is 1. The summed E-state index contributed by atoms with van der Waals surface area (Å²) in [6.45, 7) is 6.52. The Kier molecular flexibility index (Phi) is 4.29. The minimum atomic E-state index is -0.809. The van der Waals surface area contributed by atoms with Crippen LogP contribution in [0.5, 0.6) is 0 Å². The molecule has 3 atom stereocenters. The molecule has 2 heterocycles. The molecule has 6 nitrogen and oxygen atoms in total. The first-order valence-corrected chi connectivity index (χ1v) is 6.90. The Hall–Kier alpha value is -1.30. The lowest BCUT2D eigenvalue weighted by atomic mass is 9.99. The number of rotatable bonds is 2. The van der Waals surface area contributed by atoms with Gasteiger partial charge in [0, 0.05) is 19.6 Å². The van der Waals surface area contributed by atoms with E-state index in [0.29, 0.717) is 32.8 Å². The van der Waals surface area contributed by atoms with Crippen LogP contribution in [0.15, 0.2) is 0 Å². The van der Waals surface area contributed by atoms with Crippen molar-refractivity contribution in [3.05, 3.63) is 0 Å². The molecule has 0 aromatic carbocycles. The van der Waals surface area contributed by atoms with Gasteiger partial charge in [0.15, 0.2) is 0 Å². The van der Waals surface area contributed by atoms with Gasteiger partial charge in [0.1, 0.15) is 0 Å². The molecule has 19 heavy (non-hydrogen) atoms. The number of nitrogens with zero attached hydrogens (tertiary/aromatic N) is 2. The van der Waals surface area contributed by atoms with Crippen LogP contribution in [0.2, 0.25) is 0 Å².